The van der Waals surface area contributed by atoms with Crippen molar-refractivity contribution >= 4 is 0 Å². The lowest BCUT2D eigenvalue weighted by Crippen LogP contribution is -2.33. The SMILES string of the molecule is CCNC(c1ccc(F)c(F)c1F)C(CC)OC. The minimum Gasteiger partial charge on any atom is -0.379 e. The van der Waals surface area contributed by atoms with Gasteiger partial charge in [-0.3, -0.25) is 0 Å². The molecule has 0 aliphatic carbocycles. The number of hydrogen-bond donors (Lipinski definition) is 1. The molecule has 0 saturated heterocycles. The highest BCUT2D eigenvalue weighted by Crippen LogP contribution is 2.26. The van der Waals surface area contributed by atoms with Crippen molar-refractivity contribution < 1.29 is 17.9 Å². The highest BCUT2D eigenvalue weighted by atomic mass is 19.2. The topological polar surface area (TPSA) is 21.3 Å². The van der Waals surface area contributed by atoms with E-state index in [0.717, 1.165) is 6.07 Å². The van der Waals surface area contributed by atoms with Gasteiger partial charge in [-0.2, -0.15) is 0 Å². The third-order valence-corrected chi connectivity index (χ3v) is 2.90. The van der Waals surface area contributed by atoms with Crippen LogP contribution < -0.4 is 5.32 Å². The van der Waals surface area contributed by atoms with Crippen LogP contribution in [0.25, 0.3) is 0 Å². The Bertz CT molecular complexity index is 394. The number of methoxy groups -OCH3 is 1. The predicted molar refractivity (Wildman–Crippen MR) is 63.8 cm³/mol. The molecule has 18 heavy (non-hydrogen) atoms. The molecule has 0 spiro atoms. The van der Waals surface area contributed by atoms with Gasteiger partial charge in [-0.15, -0.1) is 0 Å². The Morgan fingerprint density at radius 1 is 1.17 bits per heavy atom. The van der Waals surface area contributed by atoms with Crippen LogP contribution in [0, 0.1) is 17.5 Å². The third kappa shape index (κ3) is 3.03. The van der Waals surface area contributed by atoms with Gasteiger partial charge in [0.05, 0.1) is 12.1 Å². The van der Waals surface area contributed by atoms with E-state index in [1.165, 1.54) is 13.2 Å². The van der Waals surface area contributed by atoms with Crippen molar-refractivity contribution in [3.05, 3.63) is 35.1 Å². The lowest BCUT2D eigenvalue weighted by Gasteiger charge is -2.26. The number of ether oxygens (including phenoxy) is 1. The fraction of sp³-hybridized carbons (Fsp3) is 0.538. The summed E-state index contributed by atoms with van der Waals surface area (Å²) in [6, 6.07) is 1.68. The molecule has 1 aromatic carbocycles. The van der Waals surface area contributed by atoms with Gasteiger partial charge in [-0.1, -0.05) is 19.9 Å². The summed E-state index contributed by atoms with van der Waals surface area (Å²) < 4.78 is 45.2. The Labute approximate surface area is 105 Å². The molecule has 1 rings (SSSR count). The lowest BCUT2D eigenvalue weighted by atomic mass is 9.98. The maximum absolute atomic E-state index is 13.8. The van der Waals surface area contributed by atoms with E-state index in [4.69, 9.17) is 4.74 Å². The molecule has 0 heterocycles. The van der Waals surface area contributed by atoms with E-state index in [1.807, 2.05) is 13.8 Å². The number of benzene rings is 1. The monoisotopic (exact) mass is 261 g/mol. The molecule has 0 bridgehead atoms. The first kappa shape index (κ1) is 15.0. The van der Waals surface area contributed by atoms with Crippen molar-refractivity contribution in [2.75, 3.05) is 13.7 Å². The Balaban J connectivity index is 3.17. The minimum absolute atomic E-state index is 0.0875. The van der Waals surface area contributed by atoms with Gasteiger partial charge in [0.1, 0.15) is 0 Å². The molecule has 0 saturated carbocycles. The minimum atomic E-state index is -1.44. The van der Waals surface area contributed by atoms with Gasteiger partial charge in [-0.25, -0.2) is 13.2 Å². The fourth-order valence-electron chi connectivity index (χ4n) is 1.98. The van der Waals surface area contributed by atoms with Gasteiger partial charge in [0.25, 0.3) is 0 Å². The van der Waals surface area contributed by atoms with Crippen LogP contribution in [0.3, 0.4) is 0 Å². The maximum atomic E-state index is 13.8. The van der Waals surface area contributed by atoms with Crippen LogP contribution in [0.2, 0.25) is 0 Å². The second kappa shape index (κ2) is 6.75. The predicted octanol–water partition coefficient (Wildman–Crippen LogP) is 3.18. The summed E-state index contributed by atoms with van der Waals surface area (Å²) in [5.41, 5.74) is 0.0875. The fourth-order valence-corrected chi connectivity index (χ4v) is 1.98. The normalized spacial score (nSPS) is 14.6. The molecule has 0 aliphatic heterocycles. The summed E-state index contributed by atoms with van der Waals surface area (Å²) in [6.07, 6.45) is 0.330. The summed E-state index contributed by atoms with van der Waals surface area (Å²) >= 11 is 0. The number of nitrogens with one attached hydrogen (secondary N) is 1. The molecule has 0 amide bonds. The number of hydrogen-bond acceptors (Lipinski definition) is 2. The molecule has 0 aromatic heterocycles. The van der Waals surface area contributed by atoms with E-state index < -0.39 is 23.5 Å². The van der Waals surface area contributed by atoms with Crippen LogP contribution >= 0.6 is 0 Å². The highest BCUT2D eigenvalue weighted by Gasteiger charge is 2.26. The molecular weight excluding hydrogens is 243 g/mol. The van der Waals surface area contributed by atoms with Gasteiger partial charge in [0.2, 0.25) is 0 Å². The van der Waals surface area contributed by atoms with Crippen molar-refractivity contribution in [3.8, 4) is 0 Å². The van der Waals surface area contributed by atoms with E-state index in [1.54, 1.807) is 0 Å². The van der Waals surface area contributed by atoms with Crippen molar-refractivity contribution in [2.24, 2.45) is 0 Å². The van der Waals surface area contributed by atoms with Crippen molar-refractivity contribution in [1.29, 1.82) is 0 Å². The van der Waals surface area contributed by atoms with Crippen molar-refractivity contribution in [3.63, 3.8) is 0 Å². The van der Waals surface area contributed by atoms with Crippen LogP contribution in [-0.2, 0) is 4.74 Å². The smallest absolute Gasteiger partial charge is 0.194 e. The summed E-state index contributed by atoms with van der Waals surface area (Å²) in [4.78, 5) is 0. The van der Waals surface area contributed by atoms with E-state index in [0.29, 0.717) is 13.0 Å². The van der Waals surface area contributed by atoms with Gasteiger partial charge in [-0.05, 0) is 19.0 Å². The molecule has 0 radical (unpaired) electrons. The third-order valence-electron chi connectivity index (χ3n) is 2.90. The largest absolute Gasteiger partial charge is 0.379 e. The average molecular weight is 261 g/mol. The number of halogens is 3. The van der Waals surface area contributed by atoms with E-state index in [9.17, 15) is 13.2 Å². The maximum Gasteiger partial charge on any atom is 0.194 e. The number of likely N-dealkylation sites (N-methyl/N-ethyl adjacent to an activating group) is 1. The highest BCUT2D eigenvalue weighted by molar-refractivity contribution is 5.24. The van der Waals surface area contributed by atoms with Gasteiger partial charge in [0, 0.05) is 12.7 Å². The summed E-state index contributed by atoms with van der Waals surface area (Å²) in [5, 5.41) is 3.03. The zero-order valence-corrected chi connectivity index (χ0v) is 10.8. The molecule has 5 heteroatoms. The zero-order valence-electron chi connectivity index (χ0n) is 10.8. The zero-order chi connectivity index (χ0) is 13.7. The molecule has 1 N–H and O–H groups in total. The Morgan fingerprint density at radius 2 is 1.83 bits per heavy atom. The first-order valence-corrected chi connectivity index (χ1v) is 5.96. The average Bonchev–Trinajstić information content (AvgIpc) is 2.37. The molecule has 0 aliphatic rings. The lowest BCUT2D eigenvalue weighted by molar-refractivity contribution is 0.0641. The van der Waals surface area contributed by atoms with Crippen LogP contribution in [0.4, 0.5) is 13.2 Å². The molecule has 2 nitrogen and oxygen atoms in total. The summed E-state index contributed by atoms with van der Waals surface area (Å²) in [7, 11) is 1.51. The van der Waals surface area contributed by atoms with Crippen LogP contribution in [-0.4, -0.2) is 19.8 Å². The molecule has 2 unspecified atom stereocenters. The summed E-state index contributed by atoms with van der Waals surface area (Å²) in [6.45, 7) is 4.31. The second-order valence-corrected chi connectivity index (χ2v) is 3.98. The molecule has 0 fully saturated rings. The van der Waals surface area contributed by atoms with Crippen LogP contribution in [0.15, 0.2) is 12.1 Å². The quantitative estimate of drug-likeness (QED) is 0.794. The number of rotatable bonds is 6. The standard InChI is InChI=1S/C13H18F3NO/c1-4-10(18-3)13(17-5-2)8-6-7-9(14)12(16)11(8)15/h6-7,10,13,17H,4-5H2,1-3H3. The van der Waals surface area contributed by atoms with E-state index in [-0.39, 0.29) is 11.7 Å². The first-order chi connectivity index (χ1) is 8.56. The first-order valence-electron chi connectivity index (χ1n) is 5.96. The molecule has 1 aromatic rings. The van der Waals surface area contributed by atoms with Gasteiger partial charge >= 0.3 is 0 Å². The summed E-state index contributed by atoms with van der Waals surface area (Å²) in [5.74, 6) is -3.78. The molecule has 2 atom stereocenters. The van der Waals surface area contributed by atoms with Gasteiger partial charge < -0.3 is 10.1 Å². The van der Waals surface area contributed by atoms with E-state index >= 15 is 0 Å². The molecule has 102 valence electrons. The van der Waals surface area contributed by atoms with Crippen LogP contribution in [0.5, 0.6) is 0 Å². The van der Waals surface area contributed by atoms with Crippen LogP contribution in [0.1, 0.15) is 31.9 Å². The Morgan fingerprint density at radius 3 is 2.33 bits per heavy atom. The molecular formula is C13H18F3NO. The van der Waals surface area contributed by atoms with Crippen molar-refractivity contribution in [2.45, 2.75) is 32.4 Å². The Kier molecular flexibility index (Phi) is 5.62. The Hall–Kier alpha value is -1.07. The van der Waals surface area contributed by atoms with E-state index in [2.05, 4.69) is 5.32 Å². The van der Waals surface area contributed by atoms with Crippen molar-refractivity contribution in [1.82, 2.24) is 5.32 Å². The van der Waals surface area contributed by atoms with Gasteiger partial charge in [0.15, 0.2) is 17.5 Å². The second-order valence-electron chi connectivity index (χ2n) is 3.98.